The van der Waals surface area contributed by atoms with E-state index in [0.717, 1.165) is 0 Å². The van der Waals surface area contributed by atoms with Crippen LogP contribution in [0.4, 0.5) is 0 Å². The summed E-state index contributed by atoms with van der Waals surface area (Å²) in [7, 11) is -0.691. The van der Waals surface area contributed by atoms with Gasteiger partial charge in [0.05, 0.1) is 5.60 Å². The summed E-state index contributed by atoms with van der Waals surface area (Å²) in [6, 6.07) is 1.29. The average Bonchev–Trinajstić information content (AvgIpc) is 2.79. The number of hydrogen-bond donors (Lipinski definition) is 3. The van der Waals surface area contributed by atoms with Gasteiger partial charge in [0.25, 0.3) is 5.91 Å². The fourth-order valence-electron chi connectivity index (χ4n) is 1.51. The van der Waals surface area contributed by atoms with E-state index in [-0.39, 0.29) is 17.1 Å². The second kappa shape index (κ2) is 5.94. The summed E-state index contributed by atoms with van der Waals surface area (Å²) in [5.41, 5.74) is -0.772. The maximum Gasteiger partial charge on any atom is 0.268 e. The quantitative estimate of drug-likeness (QED) is 0.679. The molecule has 0 aliphatic heterocycles. The molecule has 1 amide bonds. The van der Waals surface area contributed by atoms with Crippen LogP contribution in [0.15, 0.2) is 17.2 Å². The Hall–Kier alpha value is -1.38. The summed E-state index contributed by atoms with van der Waals surface area (Å²) in [5, 5.41) is 12.4. The van der Waals surface area contributed by atoms with Gasteiger partial charge in [-0.25, -0.2) is 13.1 Å². The van der Waals surface area contributed by atoms with Gasteiger partial charge in [0.1, 0.15) is 10.6 Å². The number of aryl methyl sites for hydroxylation is 1. The third-order valence-corrected chi connectivity index (χ3v) is 4.56. The molecule has 0 fully saturated rings. The summed E-state index contributed by atoms with van der Waals surface area (Å²) in [6.07, 6.45) is 1.86. The predicted molar refractivity (Wildman–Crippen MR) is 74.9 cm³/mol. The molecule has 0 radical (unpaired) electrons. The molecule has 0 spiro atoms. The number of nitrogens with one attached hydrogen (secondary N) is 2. The molecule has 3 N–H and O–H groups in total. The van der Waals surface area contributed by atoms with Crippen LogP contribution in [0.3, 0.4) is 0 Å². The Balaban J connectivity index is 2.91. The highest BCUT2D eigenvalue weighted by Crippen LogP contribution is 2.13. The minimum atomic E-state index is -3.58. The Bertz CT molecular complexity index is 590. The number of amides is 1. The lowest BCUT2D eigenvalue weighted by molar-refractivity contribution is 0.0516. The van der Waals surface area contributed by atoms with Gasteiger partial charge in [-0.2, -0.15) is 0 Å². The van der Waals surface area contributed by atoms with Gasteiger partial charge in [-0.05, 0) is 26.5 Å². The lowest BCUT2D eigenvalue weighted by Gasteiger charge is -2.21. The van der Waals surface area contributed by atoms with Crippen LogP contribution in [0, 0.1) is 0 Å². The van der Waals surface area contributed by atoms with Gasteiger partial charge in [0, 0.05) is 19.8 Å². The lowest BCUT2D eigenvalue weighted by Crippen LogP contribution is -2.40. The van der Waals surface area contributed by atoms with Crippen LogP contribution in [0.25, 0.3) is 0 Å². The monoisotopic (exact) mass is 303 g/mol. The van der Waals surface area contributed by atoms with Crippen LogP contribution in [0.5, 0.6) is 0 Å². The molecular weight excluding hydrogens is 282 g/mol. The Morgan fingerprint density at radius 1 is 1.50 bits per heavy atom. The molecule has 20 heavy (non-hydrogen) atoms. The second-order valence-corrected chi connectivity index (χ2v) is 6.80. The normalized spacial score (nSPS) is 14.8. The number of nitrogens with zero attached hydrogens (tertiary/aromatic N) is 1. The number of rotatable bonds is 6. The number of aromatic nitrogens is 1. The van der Waals surface area contributed by atoms with Gasteiger partial charge in [-0.3, -0.25) is 4.79 Å². The Morgan fingerprint density at radius 2 is 2.10 bits per heavy atom. The van der Waals surface area contributed by atoms with Crippen LogP contribution in [0.1, 0.15) is 30.8 Å². The number of carbonyl (C=O) groups is 1. The van der Waals surface area contributed by atoms with E-state index in [1.807, 2.05) is 6.92 Å². The lowest BCUT2D eigenvalue weighted by atomic mass is 10.0. The van der Waals surface area contributed by atoms with Gasteiger partial charge < -0.3 is 15.0 Å². The number of sulfonamides is 1. The molecule has 1 rings (SSSR count). The molecule has 0 bridgehead atoms. The van der Waals surface area contributed by atoms with Crippen LogP contribution < -0.4 is 10.0 Å². The third-order valence-electron chi connectivity index (χ3n) is 3.18. The van der Waals surface area contributed by atoms with Gasteiger partial charge in [-0.15, -0.1) is 0 Å². The summed E-state index contributed by atoms with van der Waals surface area (Å²) < 4.78 is 26.9. The highest BCUT2D eigenvalue weighted by atomic mass is 32.2. The van der Waals surface area contributed by atoms with E-state index < -0.39 is 21.5 Å². The maximum absolute atomic E-state index is 12.0. The summed E-state index contributed by atoms with van der Waals surface area (Å²) in [5.74, 6) is -0.432. The molecule has 1 unspecified atom stereocenters. The first-order valence-corrected chi connectivity index (χ1v) is 7.72. The van der Waals surface area contributed by atoms with E-state index in [2.05, 4.69) is 10.0 Å². The van der Waals surface area contributed by atoms with Gasteiger partial charge in [0.2, 0.25) is 10.0 Å². The standard InChI is InChI=1S/C12H21N3O4S/c1-5-12(2,17)8-14-11(16)10-6-9(7-15(10)4)20(18,19)13-3/h6-7,13,17H,5,8H2,1-4H3,(H,14,16). The number of carbonyl (C=O) groups excluding carboxylic acids is 1. The highest BCUT2D eigenvalue weighted by molar-refractivity contribution is 7.89. The highest BCUT2D eigenvalue weighted by Gasteiger charge is 2.22. The Morgan fingerprint density at radius 3 is 2.60 bits per heavy atom. The van der Waals surface area contributed by atoms with Crippen LogP contribution in [0.2, 0.25) is 0 Å². The largest absolute Gasteiger partial charge is 0.388 e. The van der Waals surface area contributed by atoms with Crippen LogP contribution in [-0.2, 0) is 17.1 Å². The van der Waals surface area contributed by atoms with Crippen molar-refractivity contribution in [1.29, 1.82) is 0 Å². The van der Waals surface area contributed by atoms with E-state index in [1.165, 1.54) is 23.9 Å². The molecule has 1 aromatic rings. The topological polar surface area (TPSA) is 100 Å². The summed E-state index contributed by atoms with van der Waals surface area (Å²) in [4.78, 5) is 12.0. The van der Waals surface area contributed by atoms with Crippen LogP contribution >= 0.6 is 0 Å². The zero-order chi connectivity index (χ0) is 15.6. The van der Waals surface area contributed by atoms with E-state index >= 15 is 0 Å². The first kappa shape index (κ1) is 16.7. The molecule has 1 heterocycles. The van der Waals surface area contributed by atoms with Crippen molar-refractivity contribution in [3.8, 4) is 0 Å². The van der Waals surface area contributed by atoms with Crippen molar-refractivity contribution in [3.63, 3.8) is 0 Å². The van der Waals surface area contributed by atoms with Crippen LogP contribution in [-0.4, -0.2) is 43.2 Å². The van der Waals surface area contributed by atoms with Crippen molar-refractivity contribution in [1.82, 2.24) is 14.6 Å². The molecule has 0 aromatic carbocycles. The van der Waals surface area contributed by atoms with E-state index in [1.54, 1.807) is 14.0 Å². The predicted octanol–water partition coefficient (Wildman–Crippen LogP) is -0.176. The molecule has 0 aliphatic carbocycles. The van der Waals surface area contributed by atoms with E-state index in [9.17, 15) is 18.3 Å². The molecule has 0 aliphatic rings. The first-order valence-electron chi connectivity index (χ1n) is 6.23. The minimum absolute atomic E-state index is 0.0231. The molecule has 0 saturated carbocycles. The molecule has 0 saturated heterocycles. The van der Waals surface area contributed by atoms with Crippen molar-refractivity contribution < 1.29 is 18.3 Å². The molecule has 7 nitrogen and oxygen atoms in total. The Kier molecular flexibility index (Phi) is 4.95. The fourth-order valence-corrected chi connectivity index (χ4v) is 2.31. The zero-order valence-electron chi connectivity index (χ0n) is 12.1. The van der Waals surface area contributed by atoms with Crippen molar-refractivity contribution >= 4 is 15.9 Å². The molecular formula is C12H21N3O4S. The average molecular weight is 303 g/mol. The van der Waals surface area contributed by atoms with Crippen molar-refractivity contribution in [3.05, 3.63) is 18.0 Å². The third kappa shape index (κ3) is 3.81. The van der Waals surface area contributed by atoms with Gasteiger partial charge >= 0.3 is 0 Å². The SMILES string of the molecule is CCC(C)(O)CNC(=O)c1cc(S(=O)(=O)NC)cn1C. The molecule has 1 atom stereocenters. The van der Waals surface area contributed by atoms with Crippen molar-refractivity contribution in [2.24, 2.45) is 7.05 Å². The number of hydrogen-bond acceptors (Lipinski definition) is 4. The van der Waals surface area contributed by atoms with Crippen molar-refractivity contribution in [2.45, 2.75) is 30.8 Å². The Labute approximate surface area is 119 Å². The zero-order valence-corrected chi connectivity index (χ0v) is 12.9. The van der Waals surface area contributed by atoms with Crippen molar-refractivity contribution in [2.75, 3.05) is 13.6 Å². The van der Waals surface area contributed by atoms with Gasteiger partial charge in [-0.1, -0.05) is 6.92 Å². The summed E-state index contributed by atoms with van der Waals surface area (Å²) >= 11 is 0. The van der Waals surface area contributed by atoms with Gasteiger partial charge in [0.15, 0.2) is 0 Å². The maximum atomic E-state index is 12.0. The molecule has 1 aromatic heterocycles. The second-order valence-electron chi connectivity index (χ2n) is 4.91. The number of aliphatic hydroxyl groups is 1. The molecule has 114 valence electrons. The molecule has 8 heteroatoms. The van der Waals surface area contributed by atoms with E-state index in [4.69, 9.17) is 0 Å². The fraction of sp³-hybridized carbons (Fsp3) is 0.583. The van der Waals surface area contributed by atoms with E-state index in [0.29, 0.717) is 6.42 Å². The minimum Gasteiger partial charge on any atom is -0.388 e. The first-order chi connectivity index (χ1) is 9.13. The summed E-state index contributed by atoms with van der Waals surface area (Å²) in [6.45, 7) is 3.53. The smallest absolute Gasteiger partial charge is 0.268 e.